The van der Waals surface area contributed by atoms with Crippen LogP contribution >= 0.6 is 11.3 Å². The molecule has 0 saturated carbocycles. The molecule has 0 aliphatic heterocycles. The van der Waals surface area contributed by atoms with Crippen molar-refractivity contribution in [1.29, 1.82) is 0 Å². The monoisotopic (exact) mass is 1090 g/mol. The van der Waals surface area contributed by atoms with Crippen LogP contribution in [0, 0.1) is 0 Å². The van der Waals surface area contributed by atoms with Gasteiger partial charge in [0.1, 0.15) is 11.2 Å². The van der Waals surface area contributed by atoms with Crippen LogP contribution in [0.3, 0.4) is 0 Å². The molecule has 0 bridgehead atoms. The normalized spacial score (nSPS) is 13.4. The number of benzene rings is 13. The minimum atomic E-state index is -0.687. The zero-order valence-corrected chi connectivity index (χ0v) is 46.5. The molecule has 0 atom stereocenters. The SMILES string of the molecule is c1ccc(C2(c3ccccc3)c3ccccc3-c3cc(N(c4cccc(N(c5cccc6c5C(c5ccccc5)(c5ccccc5)c5ccccc5-6)c5cccc6oc7ccccc7c56)c4)c4ccc5sc6ccccc6c5c4)ccc32)cc1. The third-order valence-electron chi connectivity index (χ3n) is 18.0. The van der Waals surface area contributed by atoms with Crippen LogP contribution in [0.15, 0.2) is 320 Å². The summed E-state index contributed by atoms with van der Waals surface area (Å²) >= 11 is 1.85. The van der Waals surface area contributed by atoms with Gasteiger partial charge < -0.3 is 14.2 Å². The molecule has 0 saturated heterocycles. The van der Waals surface area contributed by atoms with Crippen molar-refractivity contribution in [1.82, 2.24) is 0 Å². The second-order valence-corrected chi connectivity index (χ2v) is 23.3. The Labute approximate surface area is 491 Å². The summed E-state index contributed by atoms with van der Waals surface area (Å²) in [7, 11) is 0. The molecule has 84 heavy (non-hydrogen) atoms. The molecule has 0 fully saturated rings. The number of para-hydroxylation sites is 1. The maximum atomic E-state index is 6.77. The molecule has 0 radical (unpaired) electrons. The Morgan fingerprint density at radius 1 is 0.274 bits per heavy atom. The van der Waals surface area contributed by atoms with E-state index in [-0.39, 0.29) is 0 Å². The fourth-order valence-electron chi connectivity index (χ4n) is 14.7. The zero-order valence-electron chi connectivity index (χ0n) is 45.7. The highest BCUT2D eigenvalue weighted by atomic mass is 32.1. The molecule has 2 heterocycles. The smallest absolute Gasteiger partial charge is 0.137 e. The quantitative estimate of drug-likeness (QED) is 0.136. The van der Waals surface area contributed by atoms with Crippen LogP contribution in [-0.2, 0) is 10.8 Å². The molecule has 2 aromatic heterocycles. The first-order valence-corrected chi connectivity index (χ1v) is 29.7. The molecule has 4 heteroatoms. The van der Waals surface area contributed by atoms with E-state index in [2.05, 4.69) is 325 Å². The summed E-state index contributed by atoms with van der Waals surface area (Å²) in [6.07, 6.45) is 0. The number of rotatable bonds is 10. The average Bonchev–Trinajstić information content (AvgIpc) is 1.90. The van der Waals surface area contributed by atoms with Gasteiger partial charge in [0.2, 0.25) is 0 Å². The Hall–Kier alpha value is -10.5. The van der Waals surface area contributed by atoms with Gasteiger partial charge in [0.15, 0.2) is 0 Å². The van der Waals surface area contributed by atoms with Crippen LogP contribution < -0.4 is 9.80 Å². The lowest BCUT2D eigenvalue weighted by Gasteiger charge is -2.38. The highest BCUT2D eigenvalue weighted by molar-refractivity contribution is 7.25. The first-order chi connectivity index (χ1) is 41.7. The molecular formula is C80H52N2OS. The summed E-state index contributed by atoms with van der Waals surface area (Å²) in [5.74, 6) is 0. The summed E-state index contributed by atoms with van der Waals surface area (Å²) in [6.45, 7) is 0. The second kappa shape index (κ2) is 19.0. The van der Waals surface area contributed by atoms with Crippen molar-refractivity contribution in [3.05, 3.63) is 360 Å². The third-order valence-corrected chi connectivity index (χ3v) is 19.1. The van der Waals surface area contributed by atoms with Gasteiger partial charge in [0, 0.05) is 53.9 Å². The minimum Gasteiger partial charge on any atom is -0.456 e. The van der Waals surface area contributed by atoms with Gasteiger partial charge in [-0.05, 0) is 140 Å². The van der Waals surface area contributed by atoms with Crippen LogP contribution in [0.5, 0.6) is 0 Å². The number of hydrogen-bond acceptors (Lipinski definition) is 4. The minimum absolute atomic E-state index is 0.532. The molecule has 3 nitrogen and oxygen atoms in total. The van der Waals surface area contributed by atoms with Crippen molar-refractivity contribution < 1.29 is 4.42 Å². The molecule has 0 N–H and O–H groups in total. The van der Waals surface area contributed by atoms with Crippen molar-refractivity contribution in [3.63, 3.8) is 0 Å². The Morgan fingerprint density at radius 2 is 0.738 bits per heavy atom. The lowest BCUT2D eigenvalue weighted by Crippen LogP contribution is -2.30. The van der Waals surface area contributed by atoms with Crippen LogP contribution in [0.2, 0.25) is 0 Å². The van der Waals surface area contributed by atoms with Gasteiger partial charge in [-0.3, -0.25) is 0 Å². The molecule has 0 unspecified atom stereocenters. The van der Waals surface area contributed by atoms with E-state index in [1.165, 1.54) is 86.9 Å². The first-order valence-electron chi connectivity index (χ1n) is 28.9. The fourth-order valence-corrected chi connectivity index (χ4v) is 15.8. The van der Waals surface area contributed by atoms with Crippen molar-refractivity contribution in [2.24, 2.45) is 0 Å². The summed E-state index contributed by atoms with van der Waals surface area (Å²) in [5.41, 5.74) is 21.6. The van der Waals surface area contributed by atoms with Crippen LogP contribution in [0.25, 0.3) is 64.4 Å². The number of hydrogen-bond donors (Lipinski definition) is 0. The van der Waals surface area contributed by atoms with E-state index in [4.69, 9.17) is 4.42 Å². The summed E-state index contributed by atoms with van der Waals surface area (Å²) in [4.78, 5) is 5.01. The topological polar surface area (TPSA) is 19.6 Å². The largest absolute Gasteiger partial charge is 0.456 e. The van der Waals surface area contributed by atoms with Crippen molar-refractivity contribution in [2.45, 2.75) is 10.8 Å². The maximum absolute atomic E-state index is 6.77. The summed E-state index contributed by atoms with van der Waals surface area (Å²) < 4.78 is 9.31. The van der Waals surface area contributed by atoms with E-state index >= 15 is 0 Å². The molecule has 2 aliphatic carbocycles. The molecule has 394 valence electrons. The predicted octanol–water partition coefficient (Wildman–Crippen LogP) is 21.6. The Bertz CT molecular complexity index is 4970. The summed E-state index contributed by atoms with van der Waals surface area (Å²) in [5, 5.41) is 4.62. The molecule has 0 amide bonds. The van der Waals surface area contributed by atoms with E-state index < -0.39 is 10.8 Å². The molecule has 17 rings (SSSR count). The lowest BCUT2D eigenvalue weighted by molar-refractivity contribution is 0.669. The Balaban J connectivity index is 0.944. The maximum Gasteiger partial charge on any atom is 0.137 e. The van der Waals surface area contributed by atoms with Crippen molar-refractivity contribution in [3.8, 4) is 22.3 Å². The molecule has 2 aliphatic rings. The van der Waals surface area contributed by atoms with Gasteiger partial charge in [0.05, 0.1) is 27.6 Å². The Kier molecular flexibility index (Phi) is 10.9. The van der Waals surface area contributed by atoms with E-state index in [1.807, 2.05) is 11.3 Å². The molecule has 13 aromatic carbocycles. The van der Waals surface area contributed by atoms with Gasteiger partial charge in [0.25, 0.3) is 0 Å². The van der Waals surface area contributed by atoms with Gasteiger partial charge in [-0.15, -0.1) is 11.3 Å². The third kappa shape index (κ3) is 6.98. The van der Waals surface area contributed by atoms with E-state index in [9.17, 15) is 0 Å². The predicted molar refractivity (Wildman–Crippen MR) is 351 cm³/mol. The fraction of sp³-hybridized carbons (Fsp3) is 0.0250. The second-order valence-electron chi connectivity index (χ2n) is 22.2. The van der Waals surface area contributed by atoms with E-state index in [0.29, 0.717) is 0 Å². The number of fused-ring (bicyclic) bond motifs is 12. The van der Waals surface area contributed by atoms with Crippen molar-refractivity contribution in [2.75, 3.05) is 9.80 Å². The van der Waals surface area contributed by atoms with Gasteiger partial charge in [-0.25, -0.2) is 0 Å². The highest BCUT2D eigenvalue weighted by Crippen LogP contribution is 2.62. The standard InChI is InChI=1S/C80H52N2OS/c1-5-24-53(25-6-1)79(54-26-7-2-8-27-54)68-39-17-14-35-62(68)66-51-59(46-48-70(66)79)81(60-47-49-76-67(52-60)63-36-16-20-45-75(63)84-76)57-32-21-33-58(50-57)82(71-41-23-44-74-77(71)65-37-15-19-43-73(65)83-74)72-42-22-38-64-61-34-13-18-40-69(61)80(78(64)72,55-28-9-3-10-29-55)56-30-11-4-12-31-56/h1-52H. The van der Waals surface area contributed by atoms with Gasteiger partial charge >= 0.3 is 0 Å². The van der Waals surface area contributed by atoms with Crippen molar-refractivity contribution >= 4 is 87.6 Å². The van der Waals surface area contributed by atoms with Crippen LogP contribution in [-0.4, -0.2) is 0 Å². The zero-order chi connectivity index (χ0) is 55.3. The molecule has 0 spiro atoms. The van der Waals surface area contributed by atoms with E-state index in [1.54, 1.807) is 0 Å². The number of furan rings is 1. The van der Waals surface area contributed by atoms with Gasteiger partial charge in [-0.1, -0.05) is 237 Å². The summed E-state index contributed by atoms with van der Waals surface area (Å²) in [6, 6.07) is 117. The van der Waals surface area contributed by atoms with Crippen LogP contribution in [0.4, 0.5) is 34.1 Å². The molecule has 15 aromatic rings. The number of thiophene rings is 1. The van der Waals surface area contributed by atoms with E-state index in [0.717, 1.165) is 56.1 Å². The molecular weight excluding hydrogens is 1040 g/mol. The van der Waals surface area contributed by atoms with Gasteiger partial charge in [-0.2, -0.15) is 0 Å². The first kappa shape index (κ1) is 48.2. The Morgan fingerprint density at radius 3 is 1.44 bits per heavy atom. The van der Waals surface area contributed by atoms with Crippen LogP contribution in [0.1, 0.15) is 44.5 Å². The number of anilines is 6. The average molecular weight is 1090 g/mol. The lowest BCUT2D eigenvalue weighted by atomic mass is 9.67. The number of nitrogens with zero attached hydrogens (tertiary/aromatic N) is 2. The highest BCUT2D eigenvalue weighted by Gasteiger charge is 2.49.